The first kappa shape index (κ1) is 10.2. The van der Waals surface area contributed by atoms with Crippen molar-refractivity contribution in [1.82, 2.24) is 0 Å². The molecule has 0 unspecified atom stereocenters. The zero-order valence-corrected chi connectivity index (χ0v) is 9.37. The van der Waals surface area contributed by atoms with Gasteiger partial charge < -0.3 is 0 Å². The van der Waals surface area contributed by atoms with E-state index < -0.39 is 0 Å². The van der Waals surface area contributed by atoms with Gasteiger partial charge in [-0.2, -0.15) is 0 Å². The Balaban J connectivity index is 2.32. The summed E-state index contributed by atoms with van der Waals surface area (Å²) in [4.78, 5) is 0. The van der Waals surface area contributed by atoms with Gasteiger partial charge in [-0.3, -0.25) is 0 Å². The lowest BCUT2D eigenvalue weighted by Gasteiger charge is -2.09. The molecular weight excluding hydrogens is 180 g/mol. The predicted octanol–water partition coefficient (Wildman–Crippen LogP) is 4.45. The Labute approximate surface area is 92.3 Å². The predicted molar refractivity (Wildman–Crippen MR) is 66.6 cm³/mol. The molecule has 0 N–H and O–H groups in total. The monoisotopic (exact) mass is 198 g/mol. The molecule has 1 fully saturated rings. The van der Waals surface area contributed by atoms with Crippen LogP contribution in [0.5, 0.6) is 0 Å². The third kappa shape index (κ3) is 2.38. The van der Waals surface area contributed by atoms with Crippen LogP contribution in [0.15, 0.2) is 48.6 Å². The molecular formula is C15H18. The summed E-state index contributed by atoms with van der Waals surface area (Å²) < 4.78 is 0. The summed E-state index contributed by atoms with van der Waals surface area (Å²) in [7, 11) is 0. The minimum absolute atomic E-state index is 0.836. The largest absolute Gasteiger partial charge is 0.103 e. The van der Waals surface area contributed by atoms with E-state index in [1.807, 2.05) is 6.08 Å². The summed E-state index contributed by atoms with van der Waals surface area (Å²) in [6, 6.07) is 10.7. The third-order valence-corrected chi connectivity index (χ3v) is 3.12. The Bertz CT molecular complexity index is 366. The van der Waals surface area contributed by atoms with Gasteiger partial charge in [0.2, 0.25) is 0 Å². The second kappa shape index (κ2) is 4.48. The van der Waals surface area contributed by atoms with Crippen LogP contribution in [0.3, 0.4) is 0 Å². The van der Waals surface area contributed by atoms with Crippen LogP contribution in [-0.4, -0.2) is 0 Å². The maximum Gasteiger partial charge on any atom is -0.0133 e. The second-order valence-electron chi connectivity index (χ2n) is 4.28. The fourth-order valence-electron chi connectivity index (χ4n) is 2.09. The minimum Gasteiger partial charge on any atom is -0.103 e. The Morgan fingerprint density at radius 1 is 1.33 bits per heavy atom. The zero-order chi connectivity index (χ0) is 10.7. The van der Waals surface area contributed by atoms with Crippen LogP contribution in [0.2, 0.25) is 0 Å². The van der Waals surface area contributed by atoms with E-state index in [2.05, 4.69) is 43.8 Å². The van der Waals surface area contributed by atoms with Crippen LogP contribution in [-0.2, 0) is 0 Å². The maximum absolute atomic E-state index is 3.85. The molecule has 78 valence electrons. The highest BCUT2D eigenvalue weighted by Gasteiger charge is 2.26. The average Bonchev–Trinajstić information content (AvgIpc) is 3.10. The molecule has 0 nitrogen and oxygen atoms in total. The lowest BCUT2D eigenvalue weighted by Crippen LogP contribution is -1.90. The summed E-state index contributed by atoms with van der Waals surface area (Å²) in [6.07, 6.45) is 5.81. The van der Waals surface area contributed by atoms with Gasteiger partial charge in [0.05, 0.1) is 0 Å². The maximum atomic E-state index is 3.85. The van der Waals surface area contributed by atoms with E-state index in [9.17, 15) is 0 Å². The first-order valence-electron chi connectivity index (χ1n) is 5.69. The molecule has 0 spiro atoms. The standard InChI is InChI=1S/C15H18/c1-3-7-15(14-10-11-14)12(2)13-8-5-4-6-9-13/h3-6,8-9,14H,1,7,10-11H2,2H3/b15-12-. The lowest BCUT2D eigenvalue weighted by molar-refractivity contribution is 0.955. The van der Waals surface area contributed by atoms with E-state index in [-0.39, 0.29) is 0 Å². The highest BCUT2D eigenvalue weighted by atomic mass is 14.3. The van der Waals surface area contributed by atoms with Crippen LogP contribution >= 0.6 is 0 Å². The molecule has 0 saturated heterocycles. The molecule has 2 rings (SSSR count). The van der Waals surface area contributed by atoms with E-state index in [0.717, 1.165) is 12.3 Å². The van der Waals surface area contributed by atoms with Crippen molar-refractivity contribution in [2.75, 3.05) is 0 Å². The summed E-state index contributed by atoms with van der Waals surface area (Å²) in [5.74, 6) is 0.836. The zero-order valence-electron chi connectivity index (χ0n) is 9.37. The summed E-state index contributed by atoms with van der Waals surface area (Å²) in [6.45, 7) is 6.10. The summed E-state index contributed by atoms with van der Waals surface area (Å²) in [5.41, 5.74) is 4.41. The molecule has 0 aromatic heterocycles. The summed E-state index contributed by atoms with van der Waals surface area (Å²) in [5, 5.41) is 0. The van der Waals surface area contributed by atoms with Gasteiger partial charge in [0.1, 0.15) is 0 Å². The minimum atomic E-state index is 0.836. The Morgan fingerprint density at radius 2 is 2.00 bits per heavy atom. The molecule has 1 aliphatic carbocycles. The van der Waals surface area contributed by atoms with Crippen molar-refractivity contribution in [3.8, 4) is 0 Å². The smallest absolute Gasteiger partial charge is 0.0133 e. The molecule has 1 aromatic carbocycles. The molecule has 0 atom stereocenters. The fraction of sp³-hybridized carbons (Fsp3) is 0.333. The molecule has 15 heavy (non-hydrogen) atoms. The van der Waals surface area contributed by atoms with E-state index in [1.165, 1.54) is 24.0 Å². The molecule has 1 aromatic rings. The van der Waals surface area contributed by atoms with Gasteiger partial charge in [-0.15, -0.1) is 6.58 Å². The second-order valence-corrected chi connectivity index (χ2v) is 4.28. The number of hydrogen-bond acceptors (Lipinski definition) is 0. The molecule has 0 amide bonds. The van der Waals surface area contributed by atoms with E-state index >= 15 is 0 Å². The average molecular weight is 198 g/mol. The van der Waals surface area contributed by atoms with Gasteiger partial charge >= 0.3 is 0 Å². The highest BCUT2D eigenvalue weighted by Crippen LogP contribution is 2.41. The van der Waals surface area contributed by atoms with Gasteiger partial charge in [0.25, 0.3) is 0 Å². The van der Waals surface area contributed by atoms with Crippen molar-refractivity contribution < 1.29 is 0 Å². The molecule has 1 saturated carbocycles. The molecule has 0 radical (unpaired) electrons. The van der Waals surface area contributed by atoms with Crippen LogP contribution in [0, 0.1) is 5.92 Å². The van der Waals surface area contributed by atoms with Gasteiger partial charge in [-0.1, -0.05) is 42.0 Å². The molecule has 0 heterocycles. The summed E-state index contributed by atoms with van der Waals surface area (Å²) >= 11 is 0. The van der Waals surface area contributed by atoms with E-state index in [4.69, 9.17) is 0 Å². The number of rotatable bonds is 4. The Hall–Kier alpha value is -1.30. The van der Waals surface area contributed by atoms with E-state index in [1.54, 1.807) is 5.57 Å². The van der Waals surface area contributed by atoms with Gasteiger partial charge in [-0.05, 0) is 43.2 Å². The Kier molecular flexibility index (Phi) is 3.05. The topological polar surface area (TPSA) is 0 Å². The number of benzene rings is 1. The van der Waals surface area contributed by atoms with Crippen molar-refractivity contribution >= 4 is 5.57 Å². The van der Waals surface area contributed by atoms with Crippen molar-refractivity contribution in [2.45, 2.75) is 26.2 Å². The fourth-order valence-corrected chi connectivity index (χ4v) is 2.09. The first-order chi connectivity index (χ1) is 7.33. The molecule has 0 heteroatoms. The van der Waals surface area contributed by atoms with E-state index in [0.29, 0.717) is 0 Å². The Morgan fingerprint density at radius 3 is 2.53 bits per heavy atom. The van der Waals surface area contributed by atoms with Gasteiger partial charge in [0, 0.05) is 0 Å². The molecule has 0 bridgehead atoms. The van der Waals surface area contributed by atoms with Crippen LogP contribution < -0.4 is 0 Å². The number of hydrogen-bond donors (Lipinski definition) is 0. The van der Waals surface area contributed by atoms with Crippen molar-refractivity contribution in [2.24, 2.45) is 5.92 Å². The normalized spacial score (nSPS) is 17.1. The first-order valence-corrected chi connectivity index (χ1v) is 5.69. The SMILES string of the molecule is C=CC/C(=C(\C)c1ccccc1)C1CC1. The quantitative estimate of drug-likeness (QED) is 0.627. The van der Waals surface area contributed by atoms with Crippen LogP contribution in [0.1, 0.15) is 31.7 Å². The van der Waals surface area contributed by atoms with Crippen molar-refractivity contribution in [3.05, 3.63) is 54.1 Å². The van der Waals surface area contributed by atoms with Gasteiger partial charge in [0.15, 0.2) is 0 Å². The van der Waals surface area contributed by atoms with Crippen molar-refractivity contribution in [3.63, 3.8) is 0 Å². The lowest BCUT2D eigenvalue weighted by atomic mass is 9.96. The van der Waals surface area contributed by atoms with Crippen molar-refractivity contribution in [1.29, 1.82) is 0 Å². The number of allylic oxidation sites excluding steroid dienone is 3. The van der Waals surface area contributed by atoms with Gasteiger partial charge in [-0.25, -0.2) is 0 Å². The molecule has 0 aliphatic heterocycles. The van der Waals surface area contributed by atoms with Crippen LogP contribution in [0.25, 0.3) is 5.57 Å². The van der Waals surface area contributed by atoms with Crippen LogP contribution in [0.4, 0.5) is 0 Å². The third-order valence-electron chi connectivity index (χ3n) is 3.12. The highest BCUT2D eigenvalue weighted by molar-refractivity contribution is 5.68. The molecule has 1 aliphatic rings.